The molecule has 0 bridgehead atoms. The van der Waals surface area contributed by atoms with Crippen molar-refractivity contribution in [1.29, 1.82) is 0 Å². The summed E-state index contributed by atoms with van der Waals surface area (Å²) in [7, 11) is -4.70. The zero-order valence-corrected chi connectivity index (χ0v) is 27.2. The van der Waals surface area contributed by atoms with Crippen molar-refractivity contribution in [2.75, 3.05) is 11.9 Å². The van der Waals surface area contributed by atoms with Gasteiger partial charge in [-0.1, -0.05) is 4.31 Å². The van der Waals surface area contributed by atoms with Crippen LogP contribution in [0.1, 0.15) is 80.4 Å². The Hall–Kier alpha value is -3.98. The lowest BCUT2D eigenvalue weighted by Gasteiger charge is -2.28. The molecule has 2 atom stereocenters. The second kappa shape index (κ2) is 12.9. The molecule has 2 amide bonds. The van der Waals surface area contributed by atoms with E-state index in [1.54, 1.807) is 74.7 Å². The number of aromatic nitrogens is 2. The predicted molar refractivity (Wildman–Crippen MR) is 158 cm³/mol. The molecule has 3 rings (SSSR count). The van der Waals surface area contributed by atoms with Gasteiger partial charge in [0.05, 0.1) is 17.6 Å². The van der Waals surface area contributed by atoms with Gasteiger partial charge in [-0.05, 0) is 86.6 Å². The van der Waals surface area contributed by atoms with E-state index in [0.29, 0.717) is 17.7 Å². The van der Waals surface area contributed by atoms with E-state index in [4.69, 9.17) is 23.7 Å². The van der Waals surface area contributed by atoms with E-state index in [9.17, 15) is 22.8 Å². The minimum Gasteiger partial charge on any atom is -0.443 e. The molecule has 0 saturated carbocycles. The summed E-state index contributed by atoms with van der Waals surface area (Å²) in [6.07, 6.45) is -0.850. The van der Waals surface area contributed by atoms with E-state index in [-0.39, 0.29) is 27.9 Å². The van der Waals surface area contributed by atoms with Crippen molar-refractivity contribution >= 4 is 40.0 Å². The fourth-order valence-corrected chi connectivity index (χ4v) is 4.87. The number of nitrogens with zero attached hydrogens (tertiary/aromatic N) is 3. The molecule has 2 unspecified atom stereocenters. The fraction of sp³-hybridized carbons (Fsp3) is 0.552. The average molecular weight is 637 g/mol. The number of ether oxygens (including phenoxy) is 5. The third-order valence-corrected chi connectivity index (χ3v) is 7.07. The number of anilines is 2. The quantitative estimate of drug-likeness (QED) is 0.295. The number of imide groups is 1. The van der Waals surface area contributed by atoms with Crippen LogP contribution in [0.15, 0.2) is 41.6 Å². The highest BCUT2D eigenvalue weighted by molar-refractivity contribution is 7.90. The highest BCUT2D eigenvalue weighted by atomic mass is 32.2. The summed E-state index contributed by atoms with van der Waals surface area (Å²) in [5.74, 6) is 0.216. The first kappa shape index (κ1) is 34.5. The van der Waals surface area contributed by atoms with Gasteiger partial charge in [-0.15, -0.1) is 0 Å². The molecule has 1 aromatic heterocycles. The Kier molecular flexibility index (Phi) is 10.1. The summed E-state index contributed by atoms with van der Waals surface area (Å²) in [4.78, 5) is 45.8. The smallest absolute Gasteiger partial charge is 0.443 e. The lowest BCUT2D eigenvalue weighted by molar-refractivity contribution is -0.0283. The molecule has 2 heterocycles. The van der Waals surface area contributed by atoms with Crippen molar-refractivity contribution in [2.45, 2.75) is 103 Å². The minimum absolute atomic E-state index is 0.0258. The molecule has 15 heteroatoms. The van der Waals surface area contributed by atoms with E-state index in [0.717, 1.165) is 0 Å². The molecule has 14 nitrogen and oxygen atoms in total. The van der Waals surface area contributed by atoms with Crippen LogP contribution < -0.4 is 5.32 Å². The van der Waals surface area contributed by atoms with Crippen LogP contribution in [-0.2, 0) is 33.7 Å². The maximum absolute atomic E-state index is 13.4. The molecule has 0 aliphatic carbocycles. The molecule has 2 aromatic rings. The van der Waals surface area contributed by atoms with Gasteiger partial charge in [0.1, 0.15) is 22.9 Å². The van der Waals surface area contributed by atoms with Crippen molar-refractivity contribution < 1.29 is 46.5 Å². The monoisotopic (exact) mass is 636 g/mol. The van der Waals surface area contributed by atoms with Crippen LogP contribution in [0.3, 0.4) is 0 Å². The minimum atomic E-state index is -4.70. The van der Waals surface area contributed by atoms with Gasteiger partial charge < -0.3 is 29.0 Å². The lowest BCUT2D eigenvalue weighted by Crippen LogP contribution is -2.46. The second-order valence-electron chi connectivity index (χ2n) is 13.0. The van der Waals surface area contributed by atoms with Crippen LogP contribution in [0.2, 0.25) is 0 Å². The number of hydrogen-bond donors (Lipinski definition) is 1. The number of carbonyl (C=O) groups excluding carboxylic acids is 3. The number of benzene rings is 1. The van der Waals surface area contributed by atoms with Crippen LogP contribution in [0, 0.1) is 0 Å². The first-order chi connectivity index (χ1) is 20.1. The van der Waals surface area contributed by atoms with E-state index < -0.39 is 51.3 Å². The summed E-state index contributed by atoms with van der Waals surface area (Å²) in [6, 6.07) is 5.27. The molecule has 44 heavy (non-hydrogen) atoms. The summed E-state index contributed by atoms with van der Waals surface area (Å²) in [5.41, 5.74) is -1.70. The fourth-order valence-electron chi connectivity index (χ4n) is 3.71. The molecule has 1 aliphatic rings. The lowest BCUT2D eigenvalue weighted by atomic mass is 10.1. The van der Waals surface area contributed by atoms with Crippen molar-refractivity contribution in [3.8, 4) is 0 Å². The Morgan fingerprint density at radius 2 is 1.34 bits per heavy atom. The highest BCUT2D eigenvalue weighted by Gasteiger charge is 2.41. The van der Waals surface area contributed by atoms with E-state index in [2.05, 4.69) is 15.3 Å². The molecule has 0 spiro atoms. The molecule has 1 N–H and O–H groups in total. The maximum Gasteiger partial charge on any atom is 0.509 e. The molecule has 1 aromatic carbocycles. The molecule has 1 saturated heterocycles. The SMILES string of the molecule is CC(C)(C)OC(=O)OC1COC(c2cnc(Nc3ccc(S(=O)(=O)N(C(=O)OC(C)(C)C)C(=O)OC(C)(C)C)cc3)nc2)C1. The van der Waals surface area contributed by atoms with Gasteiger partial charge in [0.15, 0.2) is 0 Å². The summed E-state index contributed by atoms with van der Waals surface area (Å²) >= 11 is 0. The Bertz CT molecular complexity index is 1410. The van der Waals surface area contributed by atoms with Gasteiger partial charge in [-0.3, -0.25) is 0 Å². The number of hydrogen-bond acceptors (Lipinski definition) is 13. The predicted octanol–water partition coefficient (Wildman–Crippen LogP) is 5.86. The van der Waals surface area contributed by atoms with Crippen molar-refractivity contribution in [3.05, 3.63) is 42.2 Å². The van der Waals surface area contributed by atoms with Gasteiger partial charge >= 0.3 is 18.3 Å². The summed E-state index contributed by atoms with van der Waals surface area (Å²) in [6.45, 7) is 14.7. The van der Waals surface area contributed by atoms with Crippen molar-refractivity contribution in [2.24, 2.45) is 0 Å². The molecule has 242 valence electrons. The van der Waals surface area contributed by atoms with Gasteiger partial charge in [0.2, 0.25) is 5.95 Å². The number of nitrogens with one attached hydrogen (secondary N) is 1. The van der Waals surface area contributed by atoms with Gasteiger partial charge in [-0.25, -0.2) is 32.8 Å². The van der Waals surface area contributed by atoms with Crippen molar-refractivity contribution in [3.63, 3.8) is 0 Å². The van der Waals surface area contributed by atoms with E-state index in [1.165, 1.54) is 24.3 Å². The standard InChI is InChI=1S/C29H40N4O10S/c1-27(2,3)41-24(34)33(25(35)42-28(4,5)6)44(37,38)21-12-10-19(11-13-21)32-23-30-15-18(16-31-23)22-14-20(17-39-22)40-26(36)43-29(7,8)9/h10-13,15-16,20,22H,14,17H2,1-9H3,(H,30,31,32). The second-order valence-corrected chi connectivity index (χ2v) is 14.8. The van der Waals surface area contributed by atoms with Crippen LogP contribution in [0.5, 0.6) is 0 Å². The number of rotatable bonds is 6. The van der Waals surface area contributed by atoms with Gasteiger partial charge in [-0.2, -0.15) is 0 Å². The number of amides is 2. The topological polar surface area (TPSA) is 173 Å². The highest BCUT2D eigenvalue weighted by Crippen LogP contribution is 2.31. The largest absolute Gasteiger partial charge is 0.509 e. The van der Waals surface area contributed by atoms with E-state index in [1.807, 2.05) is 0 Å². The van der Waals surface area contributed by atoms with Crippen molar-refractivity contribution in [1.82, 2.24) is 14.3 Å². The molecular formula is C29H40N4O10S. The number of carbonyl (C=O) groups is 3. The van der Waals surface area contributed by atoms with Crippen LogP contribution in [-0.4, -0.2) is 70.5 Å². The van der Waals surface area contributed by atoms with Gasteiger partial charge in [0, 0.05) is 30.1 Å². The first-order valence-electron chi connectivity index (χ1n) is 13.8. The molecule has 0 radical (unpaired) electrons. The molecule has 1 fully saturated rings. The third-order valence-electron chi connectivity index (χ3n) is 5.42. The first-order valence-corrected chi connectivity index (χ1v) is 15.3. The Morgan fingerprint density at radius 1 is 0.841 bits per heavy atom. The summed E-state index contributed by atoms with van der Waals surface area (Å²) < 4.78 is 53.3. The van der Waals surface area contributed by atoms with E-state index >= 15 is 0 Å². The Morgan fingerprint density at radius 3 is 1.82 bits per heavy atom. The Labute approximate surface area is 257 Å². The molecule has 1 aliphatic heterocycles. The Balaban J connectivity index is 1.68. The zero-order chi connectivity index (χ0) is 33.1. The maximum atomic E-state index is 13.4. The normalized spacial score (nSPS) is 17.4. The zero-order valence-electron chi connectivity index (χ0n) is 26.4. The summed E-state index contributed by atoms with van der Waals surface area (Å²) in [5, 5.41) is 2.95. The van der Waals surface area contributed by atoms with Crippen LogP contribution in [0.4, 0.5) is 26.0 Å². The third kappa shape index (κ3) is 10.0. The van der Waals surface area contributed by atoms with Crippen LogP contribution in [0.25, 0.3) is 0 Å². The van der Waals surface area contributed by atoms with Gasteiger partial charge in [0.25, 0.3) is 10.0 Å². The van der Waals surface area contributed by atoms with Crippen LogP contribution >= 0.6 is 0 Å². The average Bonchev–Trinajstić information content (AvgIpc) is 3.29. The molecular weight excluding hydrogens is 596 g/mol. The number of sulfonamides is 1.